The fourth-order valence-electron chi connectivity index (χ4n) is 0.996. The van der Waals surface area contributed by atoms with Crippen LogP contribution in [0.25, 0.3) is 0 Å². The van der Waals surface area contributed by atoms with Gasteiger partial charge >= 0.3 is 0 Å². The van der Waals surface area contributed by atoms with Crippen LogP contribution in [0.4, 0.5) is 11.4 Å². The number of rotatable bonds is 3. The minimum Gasteiger partial charge on any atom is -0.397 e. The molecule has 1 aromatic rings. The first-order chi connectivity index (χ1) is 5.74. The molecule has 0 unspecified atom stereocenters. The summed E-state index contributed by atoms with van der Waals surface area (Å²) in [6, 6.07) is 5.62. The van der Waals surface area contributed by atoms with Crippen molar-refractivity contribution in [3.05, 3.63) is 23.8 Å². The maximum absolute atomic E-state index is 5.62. The van der Waals surface area contributed by atoms with Crippen molar-refractivity contribution in [3.63, 3.8) is 0 Å². The van der Waals surface area contributed by atoms with E-state index in [4.69, 9.17) is 17.3 Å². The van der Waals surface area contributed by atoms with E-state index in [2.05, 4.69) is 5.43 Å². The molecule has 0 atom stereocenters. The summed E-state index contributed by atoms with van der Waals surface area (Å²) >= 11 is 0. The van der Waals surface area contributed by atoms with Gasteiger partial charge in [-0.25, -0.2) is 0 Å². The van der Waals surface area contributed by atoms with Gasteiger partial charge in [0, 0.05) is 6.54 Å². The minimum absolute atomic E-state index is 0.624. The fraction of sp³-hybridized carbons (Fsp3) is 0.250. The van der Waals surface area contributed by atoms with Crippen LogP contribution in [-0.2, 0) is 6.42 Å². The van der Waals surface area contributed by atoms with Gasteiger partial charge in [-0.05, 0) is 24.1 Å². The average Bonchev–Trinajstić information content (AvgIpc) is 2.07. The first-order valence-electron chi connectivity index (χ1n) is 3.81. The number of anilines is 2. The molecule has 4 heteroatoms. The zero-order valence-electron chi connectivity index (χ0n) is 6.88. The smallest absolute Gasteiger partial charge is 0.0550 e. The number of nitrogens with two attached hydrogens (primary N) is 3. The Labute approximate surface area is 71.7 Å². The maximum atomic E-state index is 5.62. The highest BCUT2D eigenvalue weighted by Gasteiger charge is 1.96. The van der Waals surface area contributed by atoms with E-state index in [9.17, 15) is 0 Å². The maximum Gasteiger partial charge on any atom is 0.0550 e. The van der Waals surface area contributed by atoms with Crippen LogP contribution < -0.4 is 22.7 Å². The first kappa shape index (κ1) is 8.83. The van der Waals surface area contributed by atoms with Crippen LogP contribution in [0.5, 0.6) is 0 Å². The molecule has 0 saturated heterocycles. The Hall–Kier alpha value is -1.26. The van der Waals surface area contributed by atoms with Crippen molar-refractivity contribution in [2.75, 3.05) is 18.0 Å². The number of hydrogen-bond donors (Lipinski definition) is 4. The second-order valence-electron chi connectivity index (χ2n) is 2.67. The second-order valence-corrected chi connectivity index (χ2v) is 2.67. The molecule has 12 heavy (non-hydrogen) atoms. The molecule has 1 rings (SSSR count). The summed E-state index contributed by atoms with van der Waals surface area (Å²) in [5.74, 6) is 5.14. The molecule has 4 nitrogen and oxygen atoms in total. The molecule has 0 radical (unpaired) electrons. The molecule has 0 aromatic heterocycles. The molecular formula is C8H14N4. The zero-order chi connectivity index (χ0) is 8.97. The predicted octanol–water partition coefficient (Wildman–Crippen LogP) is -0.143. The Bertz CT molecular complexity index is 259. The number of hydrogen-bond acceptors (Lipinski definition) is 4. The van der Waals surface area contributed by atoms with Crippen molar-refractivity contribution in [1.29, 1.82) is 0 Å². The largest absolute Gasteiger partial charge is 0.397 e. The second kappa shape index (κ2) is 3.94. The molecular weight excluding hydrogens is 152 g/mol. The zero-order valence-corrected chi connectivity index (χ0v) is 6.88. The molecule has 1 aromatic carbocycles. The lowest BCUT2D eigenvalue weighted by Crippen LogP contribution is -2.24. The Balaban J connectivity index is 2.69. The lowest BCUT2D eigenvalue weighted by atomic mass is 10.1. The Morgan fingerprint density at radius 3 is 2.50 bits per heavy atom. The van der Waals surface area contributed by atoms with Crippen LogP contribution >= 0.6 is 0 Å². The molecule has 0 fully saturated rings. The average molecular weight is 166 g/mol. The van der Waals surface area contributed by atoms with E-state index in [1.54, 1.807) is 6.07 Å². The standard InChI is InChI=1S/C8H14N4/c9-7-2-1-6(3-4-12-11)5-8(7)10/h1-2,5,12H,3-4,9-11H2. The highest BCUT2D eigenvalue weighted by Crippen LogP contribution is 2.15. The van der Waals surface area contributed by atoms with Crippen molar-refractivity contribution in [2.45, 2.75) is 6.42 Å². The van der Waals surface area contributed by atoms with Crippen LogP contribution in [0.15, 0.2) is 18.2 Å². The number of nitrogen functional groups attached to an aromatic ring is 2. The molecule has 0 heterocycles. The summed E-state index contributed by atoms with van der Waals surface area (Å²) in [6.45, 7) is 0.739. The Kier molecular flexibility index (Phi) is 2.90. The molecule has 0 aliphatic carbocycles. The molecule has 66 valence electrons. The van der Waals surface area contributed by atoms with Gasteiger partial charge in [0.1, 0.15) is 0 Å². The summed E-state index contributed by atoms with van der Waals surface area (Å²) in [6.07, 6.45) is 0.862. The lowest BCUT2D eigenvalue weighted by Gasteiger charge is -2.03. The molecule has 0 saturated carbocycles. The van der Waals surface area contributed by atoms with Crippen molar-refractivity contribution >= 4 is 11.4 Å². The van der Waals surface area contributed by atoms with Crippen LogP contribution in [0, 0.1) is 0 Å². The molecule has 7 N–H and O–H groups in total. The van der Waals surface area contributed by atoms with Crippen molar-refractivity contribution < 1.29 is 0 Å². The van der Waals surface area contributed by atoms with Crippen LogP contribution in [-0.4, -0.2) is 6.54 Å². The van der Waals surface area contributed by atoms with E-state index in [0.717, 1.165) is 18.5 Å². The molecule has 0 bridgehead atoms. The SMILES string of the molecule is NNCCc1ccc(N)c(N)c1. The molecule has 0 amide bonds. The topological polar surface area (TPSA) is 90.1 Å². The summed E-state index contributed by atoms with van der Waals surface area (Å²) in [7, 11) is 0. The Morgan fingerprint density at radius 2 is 1.92 bits per heavy atom. The summed E-state index contributed by atoms with van der Waals surface area (Å²) in [4.78, 5) is 0. The van der Waals surface area contributed by atoms with Crippen molar-refractivity contribution in [1.82, 2.24) is 5.43 Å². The molecule has 0 aliphatic rings. The van der Waals surface area contributed by atoms with Crippen molar-refractivity contribution in [3.8, 4) is 0 Å². The van der Waals surface area contributed by atoms with Gasteiger partial charge in [0.25, 0.3) is 0 Å². The summed E-state index contributed by atoms with van der Waals surface area (Å²) < 4.78 is 0. The van der Waals surface area contributed by atoms with E-state index in [1.807, 2.05) is 12.1 Å². The highest BCUT2D eigenvalue weighted by atomic mass is 15.2. The van der Waals surface area contributed by atoms with E-state index in [-0.39, 0.29) is 0 Å². The third kappa shape index (κ3) is 2.11. The van der Waals surface area contributed by atoms with Gasteiger partial charge in [-0.1, -0.05) is 6.07 Å². The van der Waals surface area contributed by atoms with Gasteiger partial charge in [0.2, 0.25) is 0 Å². The molecule has 0 spiro atoms. The predicted molar refractivity (Wildman–Crippen MR) is 51.2 cm³/mol. The minimum atomic E-state index is 0.624. The third-order valence-corrected chi connectivity index (χ3v) is 1.71. The van der Waals surface area contributed by atoms with Crippen LogP contribution in [0.1, 0.15) is 5.56 Å². The van der Waals surface area contributed by atoms with E-state index < -0.39 is 0 Å². The van der Waals surface area contributed by atoms with Gasteiger partial charge < -0.3 is 11.5 Å². The van der Waals surface area contributed by atoms with Gasteiger partial charge in [0.05, 0.1) is 11.4 Å². The van der Waals surface area contributed by atoms with Crippen LogP contribution in [0.2, 0.25) is 0 Å². The highest BCUT2D eigenvalue weighted by molar-refractivity contribution is 5.63. The first-order valence-corrected chi connectivity index (χ1v) is 3.81. The van der Waals surface area contributed by atoms with Gasteiger partial charge in [-0.3, -0.25) is 11.3 Å². The molecule has 0 aliphatic heterocycles. The lowest BCUT2D eigenvalue weighted by molar-refractivity contribution is 0.728. The van der Waals surface area contributed by atoms with Gasteiger partial charge in [-0.15, -0.1) is 0 Å². The van der Waals surface area contributed by atoms with E-state index in [1.165, 1.54) is 0 Å². The third-order valence-electron chi connectivity index (χ3n) is 1.71. The van der Waals surface area contributed by atoms with Gasteiger partial charge in [-0.2, -0.15) is 0 Å². The quantitative estimate of drug-likeness (QED) is 0.286. The van der Waals surface area contributed by atoms with Crippen LogP contribution in [0.3, 0.4) is 0 Å². The van der Waals surface area contributed by atoms with E-state index in [0.29, 0.717) is 11.4 Å². The normalized spacial score (nSPS) is 10.1. The number of hydrazine groups is 1. The van der Waals surface area contributed by atoms with Crippen molar-refractivity contribution in [2.24, 2.45) is 5.84 Å². The fourth-order valence-corrected chi connectivity index (χ4v) is 0.996. The number of nitrogens with one attached hydrogen (secondary N) is 1. The number of benzene rings is 1. The Morgan fingerprint density at radius 1 is 1.17 bits per heavy atom. The van der Waals surface area contributed by atoms with E-state index >= 15 is 0 Å². The monoisotopic (exact) mass is 166 g/mol. The summed E-state index contributed by atoms with van der Waals surface area (Å²) in [5, 5.41) is 0. The van der Waals surface area contributed by atoms with Gasteiger partial charge in [0.15, 0.2) is 0 Å². The summed E-state index contributed by atoms with van der Waals surface area (Å²) in [5.41, 5.74) is 16.1.